The van der Waals surface area contributed by atoms with E-state index in [0.717, 1.165) is 29.9 Å². The number of halogens is 1. The molecule has 0 saturated heterocycles. The zero-order chi connectivity index (χ0) is 10.7. The van der Waals surface area contributed by atoms with Crippen LogP contribution in [0, 0.1) is 0 Å². The molecule has 0 saturated carbocycles. The average Bonchev–Trinajstić information content (AvgIpc) is 2.68. The van der Waals surface area contributed by atoms with Gasteiger partial charge < -0.3 is 10.6 Å². The maximum atomic E-state index is 5.57. The molecule has 80 valence electrons. The second kappa shape index (κ2) is 4.77. The van der Waals surface area contributed by atoms with Crippen LogP contribution >= 0.6 is 15.9 Å². The minimum atomic E-state index is 0.676. The summed E-state index contributed by atoms with van der Waals surface area (Å²) < 4.78 is 1.09. The number of amidine groups is 1. The lowest BCUT2D eigenvalue weighted by atomic mass is 10.2. The summed E-state index contributed by atoms with van der Waals surface area (Å²) >= 11 is 3.43. The van der Waals surface area contributed by atoms with E-state index in [2.05, 4.69) is 38.0 Å². The summed E-state index contributed by atoms with van der Waals surface area (Å²) in [5, 5.41) is 0. The largest absolute Gasteiger partial charge is 0.353 e. The average molecular weight is 268 g/mol. The summed E-state index contributed by atoms with van der Waals surface area (Å²) in [4.78, 5) is 6.75. The van der Waals surface area contributed by atoms with Crippen LogP contribution < -0.4 is 5.73 Å². The molecule has 0 aromatic heterocycles. The number of benzene rings is 1. The summed E-state index contributed by atoms with van der Waals surface area (Å²) in [6.07, 6.45) is 0. The van der Waals surface area contributed by atoms with Crippen LogP contribution in [0.4, 0.5) is 0 Å². The number of aliphatic imine (C=N–C) groups is 1. The zero-order valence-electron chi connectivity index (χ0n) is 8.49. The quantitative estimate of drug-likeness (QED) is 0.902. The van der Waals surface area contributed by atoms with Crippen LogP contribution in [-0.2, 0) is 0 Å². The third kappa shape index (κ3) is 2.38. The monoisotopic (exact) mass is 267 g/mol. The highest BCUT2D eigenvalue weighted by molar-refractivity contribution is 9.10. The van der Waals surface area contributed by atoms with Crippen molar-refractivity contribution in [1.82, 2.24) is 4.90 Å². The third-order valence-electron chi connectivity index (χ3n) is 2.43. The molecule has 0 bridgehead atoms. The van der Waals surface area contributed by atoms with Gasteiger partial charge in [0.2, 0.25) is 0 Å². The lowest BCUT2D eigenvalue weighted by Gasteiger charge is -2.19. The standard InChI is InChI=1S/C11H14BrN3/c12-10-3-1-9(2-4-10)11-14-6-8-15(11)7-5-13/h1-4H,5-8,13H2. The zero-order valence-corrected chi connectivity index (χ0v) is 10.1. The molecule has 2 rings (SSSR count). The lowest BCUT2D eigenvalue weighted by molar-refractivity contribution is 0.468. The van der Waals surface area contributed by atoms with E-state index in [4.69, 9.17) is 5.73 Å². The van der Waals surface area contributed by atoms with Gasteiger partial charge in [-0.25, -0.2) is 0 Å². The fraction of sp³-hybridized carbons (Fsp3) is 0.364. The van der Waals surface area contributed by atoms with Crippen LogP contribution in [0.1, 0.15) is 5.56 Å². The minimum Gasteiger partial charge on any atom is -0.353 e. The highest BCUT2D eigenvalue weighted by atomic mass is 79.9. The van der Waals surface area contributed by atoms with E-state index in [-0.39, 0.29) is 0 Å². The van der Waals surface area contributed by atoms with Crippen LogP contribution in [0.3, 0.4) is 0 Å². The van der Waals surface area contributed by atoms with Crippen LogP contribution in [0.2, 0.25) is 0 Å². The summed E-state index contributed by atoms with van der Waals surface area (Å²) in [6.45, 7) is 3.43. The Kier molecular flexibility index (Phi) is 3.38. The van der Waals surface area contributed by atoms with Crippen molar-refractivity contribution in [2.75, 3.05) is 26.2 Å². The first-order chi connectivity index (χ1) is 7.31. The molecule has 4 heteroatoms. The SMILES string of the molecule is NCCN1CCN=C1c1ccc(Br)cc1. The first kappa shape index (κ1) is 10.6. The molecule has 0 amide bonds. The van der Waals surface area contributed by atoms with E-state index >= 15 is 0 Å². The maximum absolute atomic E-state index is 5.57. The van der Waals surface area contributed by atoms with Gasteiger partial charge in [-0.1, -0.05) is 28.1 Å². The molecule has 0 radical (unpaired) electrons. The summed E-state index contributed by atoms with van der Waals surface area (Å²) in [7, 11) is 0. The van der Waals surface area contributed by atoms with Gasteiger partial charge in [-0.2, -0.15) is 0 Å². The molecule has 15 heavy (non-hydrogen) atoms. The van der Waals surface area contributed by atoms with Gasteiger partial charge >= 0.3 is 0 Å². The molecule has 0 fully saturated rings. The molecule has 0 atom stereocenters. The molecule has 3 nitrogen and oxygen atoms in total. The number of nitrogens with zero attached hydrogens (tertiary/aromatic N) is 2. The molecule has 1 aromatic carbocycles. The van der Waals surface area contributed by atoms with Gasteiger partial charge in [0.15, 0.2) is 0 Å². The van der Waals surface area contributed by atoms with Crippen LogP contribution in [-0.4, -0.2) is 36.9 Å². The van der Waals surface area contributed by atoms with Crippen molar-refractivity contribution in [3.63, 3.8) is 0 Å². The molecule has 1 aliphatic rings. The maximum Gasteiger partial charge on any atom is 0.131 e. The Balaban J connectivity index is 2.19. The molecule has 2 N–H and O–H groups in total. The van der Waals surface area contributed by atoms with Crippen molar-refractivity contribution in [3.8, 4) is 0 Å². The Morgan fingerprint density at radius 3 is 2.73 bits per heavy atom. The Hall–Kier alpha value is -0.870. The lowest BCUT2D eigenvalue weighted by Crippen LogP contribution is -2.33. The predicted octanol–water partition coefficient (Wildman–Crippen LogP) is 1.47. The Morgan fingerprint density at radius 1 is 1.33 bits per heavy atom. The van der Waals surface area contributed by atoms with Gasteiger partial charge in [-0.15, -0.1) is 0 Å². The molecule has 1 heterocycles. The first-order valence-electron chi connectivity index (χ1n) is 5.06. The van der Waals surface area contributed by atoms with Gasteiger partial charge in [-0.05, 0) is 12.1 Å². The first-order valence-corrected chi connectivity index (χ1v) is 5.86. The highest BCUT2D eigenvalue weighted by Crippen LogP contribution is 2.15. The van der Waals surface area contributed by atoms with E-state index in [1.807, 2.05) is 12.1 Å². The van der Waals surface area contributed by atoms with Crippen LogP contribution in [0.15, 0.2) is 33.7 Å². The Morgan fingerprint density at radius 2 is 2.07 bits per heavy atom. The molecule has 0 unspecified atom stereocenters. The second-order valence-corrected chi connectivity index (χ2v) is 4.40. The number of hydrogen-bond acceptors (Lipinski definition) is 3. The van der Waals surface area contributed by atoms with Crippen molar-refractivity contribution < 1.29 is 0 Å². The summed E-state index contributed by atoms with van der Waals surface area (Å²) in [6, 6.07) is 8.24. The van der Waals surface area contributed by atoms with Crippen molar-refractivity contribution in [3.05, 3.63) is 34.3 Å². The van der Waals surface area contributed by atoms with Crippen molar-refractivity contribution in [1.29, 1.82) is 0 Å². The van der Waals surface area contributed by atoms with Crippen molar-refractivity contribution in [2.24, 2.45) is 10.7 Å². The minimum absolute atomic E-state index is 0.676. The highest BCUT2D eigenvalue weighted by Gasteiger charge is 2.17. The van der Waals surface area contributed by atoms with Crippen molar-refractivity contribution >= 4 is 21.8 Å². The Bertz CT molecular complexity index is 359. The fourth-order valence-electron chi connectivity index (χ4n) is 1.73. The topological polar surface area (TPSA) is 41.6 Å². The second-order valence-electron chi connectivity index (χ2n) is 3.49. The molecule has 1 aromatic rings. The summed E-state index contributed by atoms with van der Waals surface area (Å²) in [5.41, 5.74) is 6.74. The van der Waals surface area contributed by atoms with Gasteiger partial charge in [0, 0.05) is 29.7 Å². The smallest absolute Gasteiger partial charge is 0.131 e. The molecule has 1 aliphatic heterocycles. The van der Waals surface area contributed by atoms with E-state index in [1.165, 1.54) is 5.56 Å². The summed E-state index contributed by atoms with van der Waals surface area (Å²) in [5.74, 6) is 1.08. The van der Waals surface area contributed by atoms with Gasteiger partial charge in [0.25, 0.3) is 0 Å². The van der Waals surface area contributed by atoms with E-state index in [1.54, 1.807) is 0 Å². The van der Waals surface area contributed by atoms with Crippen LogP contribution in [0.25, 0.3) is 0 Å². The van der Waals surface area contributed by atoms with E-state index in [9.17, 15) is 0 Å². The van der Waals surface area contributed by atoms with Crippen molar-refractivity contribution in [2.45, 2.75) is 0 Å². The molecular formula is C11H14BrN3. The molecular weight excluding hydrogens is 254 g/mol. The van der Waals surface area contributed by atoms with Crippen LogP contribution in [0.5, 0.6) is 0 Å². The predicted molar refractivity (Wildman–Crippen MR) is 66.2 cm³/mol. The number of hydrogen-bond donors (Lipinski definition) is 1. The molecule has 0 aliphatic carbocycles. The Labute approximate surface area is 98.1 Å². The molecule has 0 spiro atoms. The third-order valence-corrected chi connectivity index (χ3v) is 2.96. The van der Waals surface area contributed by atoms with Gasteiger partial charge in [0.1, 0.15) is 5.84 Å². The fourth-order valence-corrected chi connectivity index (χ4v) is 1.99. The van der Waals surface area contributed by atoms with E-state index < -0.39 is 0 Å². The van der Waals surface area contributed by atoms with Gasteiger partial charge in [0.05, 0.1) is 6.54 Å². The normalized spacial score (nSPS) is 15.6. The number of nitrogens with two attached hydrogens (primary N) is 1. The number of rotatable bonds is 3. The van der Waals surface area contributed by atoms with Gasteiger partial charge in [-0.3, -0.25) is 4.99 Å². The van der Waals surface area contributed by atoms with E-state index in [0.29, 0.717) is 6.54 Å².